The number of rotatable bonds is 3. The molecular formula is C17H26N2O2. The third-order valence-corrected chi connectivity index (χ3v) is 3.62. The maximum atomic E-state index is 11.9. The van der Waals surface area contributed by atoms with Crippen LogP contribution in [0.4, 0.5) is 10.5 Å². The minimum Gasteiger partial charge on any atom is -0.444 e. The highest BCUT2D eigenvalue weighted by Crippen LogP contribution is 2.25. The van der Waals surface area contributed by atoms with Gasteiger partial charge < -0.3 is 15.0 Å². The van der Waals surface area contributed by atoms with E-state index in [9.17, 15) is 4.79 Å². The zero-order valence-corrected chi connectivity index (χ0v) is 13.7. The van der Waals surface area contributed by atoms with Gasteiger partial charge in [0.1, 0.15) is 5.60 Å². The van der Waals surface area contributed by atoms with Gasteiger partial charge in [-0.15, -0.1) is 0 Å². The molecule has 0 aromatic heterocycles. The van der Waals surface area contributed by atoms with Crippen molar-refractivity contribution in [2.45, 2.75) is 52.7 Å². The molecule has 0 radical (unpaired) electrons. The lowest BCUT2D eigenvalue weighted by molar-refractivity contribution is 0.0105. The van der Waals surface area contributed by atoms with E-state index in [-0.39, 0.29) is 6.09 Å². The van der Waals surface area contributed by atoms with Crippen LogP contribution < -0.4 is 5.32 Å². The van der Waals surface area contributed by atoms with E-state index in [4.69, 9.17) is 4.74 Å². The molecule has 1 N–H and O–H groups in total. The Morgan fingerprint density at radius 1 is 1.38 bits per heavy atom. The minimum atomic E-state index is -0.430. The zero-order chi connectivity index (χ0) is 15.6. The summed E-state index contributed by atoms with van der Waals surface area (Å²) in [6.45, 7) is 11.3. The molecule has 1 saturated heterocycles. The fraction of sp³-hybridized carbons (Fsp3) is 0.588. The predicted molar refractivity (Wildman–Crippen MR) is 85.8 cm³/mol. The zero-order valence-electron chi connectivity index (χ0n) is 13.7. The molecule has 0 spiro atoms. The first-order valence-corrected chi connectivity index (χ1v) is 7.63. The lowest BCUT2D eigenvalue weighted by Gasteiger charge is -2.41. The van der Waals surface area contributed by atoms with Gasteiger partial charge in [-0.1, -0.05) is 25.1 Å². The predicted octanol–water partition coefficient (Wildman–Crippen LogP) is 3.59. The Bertz CT molecular complexity index is 514. The van der Waals surface area contributed by atoms with Crippen LogP contribution in [0, 0.1) is 6.92 Å². The number of carbonyl (C=O) groups is 1. The summed E-state index contributed by atoms with van der Waals surface area (Å²) < 4.78 is 5.37. The number of para-hydroxylation sites is 1. The molecule has 1 aliphatic rings. The second kappa shape index (κ2) is 5.96. The van der Waals surface area contributed by atoms with Crippen LogP contribution in [0.2, 0.25) is 0 Å². The van der Waals surface area contributed by atoms with Gasteiger partial charge in [0.05, 0.1) is 6.04 Å². The van der Waals surface area contributed by atoms with E-state index in [1.54, 1.807) is 4.90 Å². The average molecular weight is 290 g/mol. The first kappa shape index (κ1) is 15.7. The highest BCUT2D eigenvalue weighted by molar-refractivity contribution is 5.70. The number of nitrogens with zero attached hydrogens (tertiary/aromatic N) is 1. The maximum Gasteiger partial charge on any atom is 0.410 e. The van der Waals surface area contributed by atoms with Crippen molar-refractivity contribution >= 4 is 11.8 Å². The van der Waals surface area contributed by atoms with E-state index in [0.717, 1.165) is 6.42 Å². The molecule has 1 aromatic carbocycles. The van der Waals surface area contributed by atoms with E-state index in [1.807, 2.05) is 20.8 Å². The van der Waals surface area contributed by atoms with Crippen molar-refractivity contribution in [3.05, 3.63) is 29.3 Å². The average Bonchev–Trinajstić information content (AvgIpc) is 2.32. The first-order chi connectivity index (χ1) is 9.80. The number of hydrogen-bond donors (Lipinski definition) is 1. The summed E-state index contributed by atoms with van der Waals surface area (Å²) in [5, 5.41) is 3.56. The van der Waals surface area contributed by atoms with Gasteiger partial charge in [0, 0.05) is 18.8 Å². The van der Waals surface area contributed by atoms with Crippen molar-refractivity contribution in [1.29, 1.82) is 0 Å². The quantitative estimate of drug-likeness (QED) is 0.925. The molecule has 21 heavy (non-hydrogen) atoms. The van der Waals surface area contributed by atoms with Crippen molar-refractivity contribution in [3.63, 3.8) is 0 Å². The van der Waals surface area contributed by atoms with E-state index in [0.29, 0.717) is 19.1 Å². The van der Waals surface area contributed by atoms with Crippen molar-refractivity contribution in [2.24, 2.45) is 0 Å². The first-order valence-electron chi connectivity index (χ1n) is 7.63. The van der Waals surface area contributed by atoms with Crippen LogP contribution in [0.1, 0.15) is 38.8 Å². The van der Waals surface area contributed by atoms with Crippen molar-refractivity contribution in [2.75, 3.05) is 18.4 Å². The second-order valence-electron chi connectivity index (χ2n) is 6.69. The van der Waals surface area contributed by atoms with E-state index >= 15 is 0 Å². The molecule has 1 amide bonds. The van der Waals surface area contributed by atoms with Gasteiger partial charge in [0.15, 0.2) is 0 Å². The molecule has 1 aliphatic heterocycles. The third kappa shape index (κ3) is 3.90. The van der Waals surface area contributed by atoms with Gasteiger partial charge in [-0.05, 0) is 45.2 Å². The number of likely N-dealkylation sites (tertiary alicyclic amines) is 1. The van der Waals surface area contributed by atoms with E-state index in [1.165, 1.54) is 16.8 Å². The summed E-state index contributed by atoms with van der Waals surface area (Å²) >= 11 is 0. The Morgan fingerprint density at radius 2 is 2.05 bits per heavy atom. The molecule has 1 fully saturated rings. The topological polar surface area (TPSA) is 41.6 Å². The van der Waals surface area contributed by atoms with Crippen molar-refractivity contribution in [1.82, 2.24) is 4.90 Å². The number of aryl methyl sites for hydroxylation is 2. The van der Waals surface area contributed by atoms with Gasteiger partial charge in [-0.2, -0.15) is 0 Å². The molecular weight excluding hydrogens is 264 g/mol. The summed E-state index contributed by atoms with van der Waals surface area (Å²) in [5.74, 6) is 0. The normalized spacial score (nSPS) is 15.6. The van der Waals surface area contributed by atoms with Crippen LogP contribution in [0.15, 0.2) is 18.2 Å². The van der Waals surface area contributed by atoms with Gasteiger partial charge in [-0.25, -0.2) is 4.79 Å². The molecule has 0 saturated carbocycles. The fourth-order valence-electron chi connectivity index (χ4n) is 2.48. The standard InChI is InChI=1S/C17H26N2O2/c1-6-13-9-7-8-12(2)15(13)18-14-10-19(11-14)16(20)21-17(3,4)5/h7-9,14,18H,6,10-11H2,1-5H3. The van der Waals surface area contributed by atoms with Crippen LogP contribution in [0.5, 0.6) is 0 Å². The Labute approximate surface area is 127 Å². The number of benzene rings is 1. The fourth-order valence-corrected chi connectivity index (χ4v) is 2.48. The monoisotopic (exact) mass is 290 g/mol. The molecule has 116 valence electrons. The molecule has 4 heteroatoms. The molecule has 1 heterocycles. The van der Waals surface area contributed by atoms with Crippen LogP contribution in [-0.2, 0) is 11.2 Å². The molecule has 0 aliphatic carbocycles. The van der Waals surface area contributed by atoms with E-state index in [2.05, 4.69) is 37.4 Å². The highest BCUT2D eigenvalue weighted by Gasteiger charge is 2.33. The minimum absolute atomic E-state index is 0.221. The Balaban J connectivity index is 1.90. The number of amides is 1. The Kier molecular flexibility index (Phi) is 4.45. The van der Waals surface area contributed by atoms with Crippen LogP contribution in [-0.4, -0.2) is 35.7 Å². The number of ether oxygens (including phenoxy) is 1. The summed E-state index contributed by atoms with van der Waals surface area (Å²) in [4.78, 5) is 13.6. The summed E-state index contributed by atoms with van der Waals surface area (Å²) in [6.07, 6.45) is 0.785. The van der Waals surface area contributed by atoms with Crippen LogP contribution in [0.3, 0.4) is 0 Å². The molecule has 4 nitrogen and oxygen atoms in total. The maximum absolute atomic E-state index is 11.9. The molecule has 0 atom stereocenters. The van der Waals surface area contributed by atoms with Gasteiger partial charge in [0.2, 0.25) is 0 Å². The van der Waals surface area contributed by atoms with Gasteiger partial charge in [-0.3, -0.25) is 0 Å². The lowest BCUT2D eigenvalue weighted by atomic mass is 10.0. The number of hydrogen-bond acceptors (Lipinski definition) is 3. The summed E-state index contributed by atoms with van der Waals surface area (Å²) in [7, 11) is 0. The van der Waals surface area contributed by atoms with Gasteiger partial charge >= 0.3 is 6.09 Å². The van der Waals surface area contributed by atoms with Crippen LogP contribution in [0.25, 0.3) is 0 Å². The number of anilines is 1. The largest absolute Gasteiger partial charge is 0.444 e. The number of carbonyl (C=O) groups excluding carboxylic acids is 1. The molecule has 2 rings (SSSR count). The van der Waals surface area contributed by atoms with Crippen molar-refractivity contribution < 1.29 is 9.53 Å². The summed E-state index contributed by atoms with van der Waals surface area (Å²) in [6, 6.07) is 6.67. The Hall–Kier alpha value is -1.71. The second-order valence-corrected chi connectivity index (χ2v) is 6.69. The highest BCUT2D eigenvalue weighted by atomic mass is 16.6. The molecule has 0 bridgehead atoms. The lowest BCUT2D eigenvalue weighted by Crippen LogP contribution is -2.58. The van der Waals surface area contributed by atoms with E-state index < -0.39 is 5.60 Å². The van der Waals surface area contributed by atoms with Gasteiger partial charge in [0.25, 0.3) is 0 Å². The molecule has 1 aromatic rings. The third-order valence-electron chi connectivity index (χ3n) is 3.62. The summed E-state index contributed by atoms with van der Waals surface area (Å²) in [5.41, 5.74) is 3.37. The molecule has 0 unspecified atom stereocenters. The number of nitrogens with one attached hydrogen (secondary N) is 1. The Morgan fingerprint density at radius 3 is 2.62 bits per heavy atom. The van der Waals surface area contributed by atoms with Crippen molar-refractivity contribution in [3.8, 4) is 0 Å². The SMILES string of the molecule is CCc1cccc(C)c1NC1CN(C(=O)OC(C)(C)C)C1. The van der Waals surface area contributed by atoms with Crippen LogP contribution >= 0.6 is 0 Å². The smallest absolute Gasteiger partial charge is 0.410 e.